The van der Waals surface area contributed by atoms with E-state index in [1.807, 2.05) is 4.90 Å². The standard InChI is InChI=1S/C17H24F3N5O2/c18-17(19,20)11-25-5-1-2-13(16(25)26)24-8-6-23(7-9-24)10-14-21-15(22-27-14)12-3-4-12/h12-13H,1-11H2/t13-/m1/s1. The lowest BCUT2D eigenvalue weighted by atomic mass is 10.0. The molecule has 0 radical (unpaired) electrons. The Morgan fingerprint density at radius 1 is 1.07 bits per heavy atom. The van der Waals surface area contributed by atoms with Crippen molar-refractivity contribution in [3.05, 3.63) is 11.7 Å². The molecule has 1 aromatic heterocycles. The van der Waals surface area contributed by atoms with Gasteiger partial charge >= 0.3 is 6.18 Å². The summed E-state index contributed by atoms with van der Waals surface area (Å²) in [5.74, 6) is 1.46. The van der Waals surface area contributed by atoms with E-state index in [9.17, 15) is 18.0 Å². The molecule has 1 amide bonds. The van der Waals surface area contributed by atoms with Gasteiger partial charge in [0.1, 0.15) is 6.54 Å². The predicted octanol–water partition coefficient (Wildman–Crippen LogP) is 1.62. The van der Waals surface area contributed by atoms with E-state index >= 15 is 0 Å². The first-order valence-corrected chi connectivity index (χ1v) is 9.53. The average molecular weight is 387 g/mol. The number of hydrogen-bond acceptors (Lipinski definition) is 6. The van der Waals surface area contributed by atoms with E-state index in [0.29, 0.717) is 44.3 Å². The first-order valence-electron chi connectivity index (χ1n) is 9.53. The Morgan fingerprint density at radius 2 is 1.81 bits per heavy atom. The number of piperazine rings is 1. The summed E-state index contributed by atoms with van der Waals surface area (Å²) in [7, 11) is 0. The number of amides is 1. The Bertz CT molecular complexity index is 668. The summed E-state index contributed by atoms with van der Waals surface area (Å²) in [6, 6.07) is -0.437. The summed E-state index contributed by atoms with van der Waals surface area (Å²) in [6.07, 6.45) is -0.864. The third-order valence-corrected chi connectivity index (χ3v) is 5.51. The highest BCUT2D eigenvalue weighted by atomic mass is 19.4. The van der Waals surface area contributed by atoms with E-state index < -0.39 is 24.7 Å². The molecule has 0 N–H and O–H groups in total. The second kappa shape index (κ2) is 7.38. The van der Waals surface area contributed by atoms with E-state index in [0.717, 1.165) is 36.7 Å². The summed E-state index contributed by atoms with van der Waals surface area (Å²) in [5.41, 5.74) is 0. The van der Waals surface area contributed by atoms with Crippen LogP contribution >= 0.6 is 0 Å². The first kappa shape index (κ1) is 18.7. The van der Waals surface area contributed by atoms with Crippen molar-refractivity contribution in [2.45, 2.75) is 50.4 Å². The number of likely N-dealkylation sites (tertiary alicyclic amines) is 1. The molecule has 1 aliphatic carbocycles. The summed E-state index contributed by atoms with van der Waals surface area (Å²) < 4.78 is 43.3. The molecule has 150 valence electrons. The van der Waals surface area contributed by atoms with Crippen LogP contribution in [0.25, 0.3) is 0 Å². The molecule has 2 aliphatic heterocycles. The van der Waals surface area contributed by atoms with Gasteiger partial charge in [0.15, 0.2) is 5.82 Å². The Balaban J connectivity index is 1.28. The molecule has 3 heterocycles. The maximum atomic E-state index is 12.7. The third kappa shape index (κ3) is 4.60. The number of hydrogen-bond donors (Lipinski definition) is 0. The van der Waals surface area contributed by atoms with Gasteiger partial charge in [-0.05, 0) is 25.7 Å². The summed E-state index contributed by atoms with van der Waals surface area (Å²) in [6.45, 7) is 2.37. The summed E-state index contributed by atoms with van der Waals surface area (Å²) in [5, 5.41) is 4.01. The van der Waals surface area contributed by atoms with Crippen molar-refractivity contribution in [3.63, 3.8) is 0 Å². The lowest BCUT2D eigenvalue weighted by Crippen LogP contribution is -2.58. The number of rotatable bonds is 5. The lowest BCUT2D eigenvalue weighted by molar-refractivity contribution is -0.168. The van der Waals surface area contributed by atoms with Crippen molar-refractivity contribution in [1.82, 2.24) is 24.8 Å². The van der Waals surface area contributed by atoms with Crippen molar-refractivity contribution >= 4 is 5.91 Å². The van der Waals surface area contributed by atoms with Crippen LogP contribution in [0.15, 0.2) is 4.52 Å². The average Bonchev–Trinajstić information content (AvgIpc) is 3.36. The molecule has 0 aromatic carbocycles. The number of aromatic nitrogens is 2. The van der Waals surface area contributed by atoms with Gasteiger partial charge in [-0.2, -0.15) is 18.2 Å². The smallest absolute Gasteiger partial charge is 0.338 e. The molecule has 7 nitrogen and oxygen atoms in total. The van der Waals surface area contributed by atoms with Crippen LogP contribution in [0.4, 0.5) is 13.2 Å². The molecule has 0 bridgehead atoms. The van der Waals surface area contributed by atoms with Crippen molar-refractivity contribution in [2.75, 3.05) is 39.3 Å². The van der Waals surface area contributed by atoms with Crippen LogP contribution in [0.2, 0.25) is 0 Å². The minimum atomic E-state index is -4.35. The largest absolute Gasteiger partial charge is 0.406 e. The Labute approximate surface area is 155 Å². The molecule has 27 heavy (non-hydrogen) atoms. The van der Waals surface area contributed by atoms with E-state index in [1.54, 1.807) is 0 Å². The van der Waals surface area contributed by atoms with Crippen molar-refractivity contribution in [1.29, 1.82) is 0 Å². The van der Waals surface area contributed by atoms with Gasteiger partial charge in [-0.15, -0.1) is 0 Å². The minimum Gasteiger partial charge on any atom is -0.338 e. The maximum Gasteiger partial charge on any atom is 0.406 e. The van der Waals surface area contributed by atoms with E-state index in [-0.39, 0.29) is 6.54 Å². The second-order valence-electron chi connectivity index (χ2n) is 7.67. The summed E-state index contributed by atoms with van der Waals surface area (Å²) >= 11 is 0. The zero-order valence-corrected chi connectivity index (χ0v) is 15.1. The molecule has 10 heteroatoms. The normalized spacial score (nSPS) is 26.0. The number of nitrogens with zero attached hydrogens (tertiary/aromatic N) is 5. The van der Waals surface area contributed by atoms with Crippen LogP contribution in [0, 0.1) is 0 Å². The number of piperidine rings is 1. The summed E-state index contributed by atoms with van der Waals surface area (Å²) in [4.78, 5) is 22.1. The van der Waals surface area contributed by atoms with Gasteiger partial charge in [0.25, 0.3) is 0 Å². The maximum absolute atomic E-state index is 12.7. The van der Waals surface area contributed by atoms with Crippen molar-refractivity contribution in [2.24, 2.45) is 0 Å². The molecule has 1 saturated carbocycles. The quantitative estimate of drug-likeness (QED) is 0.765. The van der Waals surface area contributed by atoms with Crippen molar-refractivity contribution < 1.29 is 22.5 Å². The van der Waals surface area contributed by atoms with Crippen LogP contribution < -0.4 is 0 Å². The van der Waals surface area contributed by atoms with Crippen LogP contribution in [-0.2, 0) is 11.3 Å². The topological polar surface area (TPSA) is 65.7 Å². The zero-order chi connectivity index (χ0) is 19.0. The van der Waals surface area contributed by atoms with Gasteiger partial charge < -0.3 is 9.42 Å². The molecule has 1 atom stereocenters. The Morgan fingerprint density at radius 3 is 2.48 bits per heavy atom. The van der Waals surface area contributed by atoms with Gasteiger partial charge in [0.2, 0.25) is 11.8 Å². The second-order valence-corrected chi connectivity index (χ2v) is 7.67. The monoisotopic (exact) mass is 387 g/mol. The van der Waals surface area contributed by atoms with Gasteiger partial charge in [-0.3, -0.25) is 14.6 Å². The molecule has 0 spiro atoms. The minimum absolute atomic E-state index is 0.190. The van der Waals surface area contributed by atoms with Crippen LogP contribution in [0.5, 0.6) is 0 Å². The molecule has 4 rings (SSSR count). The number of carbonyl (C=O) groups is 1. The van der Waals surface area contributed by atoms with Gasteiger partial charge in [-0.25, -0.2) is 0 Å². The van der Waals surface area contributed by atoms with Crippen LogP contribution in [-0.4, -0.2) is 82.2 Å². The van der Waals surface area contributed by atoms with Gasteiger partial charge in [-0.1, -0.05) is 5.16 Å². The number of alkyl halides is 3. The third-order valence-electron chi connectivity index (χ3n) is 5.51. The van der Waals surface area contributed by atoms with Crippen LogP contribution in [0.1, 0.15) is 43.3 Å². The predicted molar refractivity (Wildman–Crippen MR) is 88.8 cm³/mol. The lowest BCUT2D eigenvalue weighted by Gasteiger charge is -2.42. The molecule has 0 unspecified atom stereocenters. The number of carbonyl (C=O) groups excluding carboxylic acids is 1. The molecular weight excluding hydrogens is 363 g/mol. The highest BCUT2D eigenvalue weighted by Gasteiger charge is 2.40. The first-order chi connectivity index (χ1) is 12.9. The SMILES string of the molecule is O=C1[C@H](N2CCN(Cc3nc(C4CC4)no3)CC2)CCCN1CC(F)(F)F. The molecule has 2 saturated heterocycles. The molecular formula is C17H24F3N5O2. The fourth-order valence-electron chi connectivity index (χ4n) is 3.90. The fourth-order valence-corrected chi connectivity index (χ4v) is 3.90. The molecule has 3 aliphatic rings. The van der Waals surface area contributed by atoms with E-state index in [2.05, 4.69) is 15.0 Å². The van der Waals surface area contributed by atoms with E-state index in [1.165, 1.54) is 0 Å². The number of halogens is 3. The van der Waals surface area contributed by atoms with Gasteiger partial charge in [0, 0.05) is 38.6 Å². The van der Waals surface area contributed by atoms with Crippen molar-refractivity contribution in [3.8, 4) is 0 Å². The fraction of sp³-hybridized carbons (Fsp3) is 0.824. The highest BCUT2D eigenvalue weighted by Crippen LogP contribution is 2.38. The highest BCUT2D eigenvalue weighted by molar-refractivity contribution is 5.82. The van der Waals surface area contributed by atoms with Crippen LogP contribution in [0.3, 0.4) is 0 Å². The zero-order valence-electron chi connectivity index (χ0n) is 15.1. The van der Waals surface area contributed by atoms with E-state index in [4.69, 9.17) is 4.52 Å². The Hall–Kier alpha value is -1.68. The molecule has 1 aromatic rings. The molecule has 3 fully saturated rings. The van der Waals surface area contributed by atoms with Gasteiger partial charge in [0.05, 0.1) is 12.6 Å². The Kier molecular flexibility index (Phi) is 5.11.